The molecule has 0 radical (unpaired) electrons. The number of nitrogens with zero attached hydrogens (tertiary/aromatic N) is 2. The number of carbonyl (C=O) groups is 1. The van der Waals surface area contributed by atoms with E-state index in [2.05, 4.69) is 4.98 Å². The van der Waals surface area contributed by atoms with E-state index < -0.39 is 0 Å². The number of nitrogens with two attached hydrogens (primary N) is 1. The first kappa shape index (κ1) is 12.6. The van der Waals surface area contributed by atoms with Crippen LogP contribution in [0, 0.1) is 6.92 Å². The third kappa shape index (κ3) is 2.68. The average molecular weight is 261 g/mol. The summed E-state index contributed by atoms with van der Waals surface area (Å²) in [7, 11) is 1.75. The Morgan fingerprint density at radius 1 is 1.44 bits per heavy atom. The van der Waals surface area contributed by atoms with E-state index in [0.717, 1.165) is 10.6 Å². The lowest BCUT2D eigenvalue weighted by Gasteiger charge is -2.17. The van der Waals surface area contributed by atoms with E-state index in [9.17, 15) is 4.79 Å². The fourth-order valence-corrected chi connectivity index (χ4v) is 2.25. The lowest BCUT2D eigenvalue weighted by atomic mass is 10.1. The molecule has 4 nitrogen and oxygen atoms in total. The van der Waals surface area contributed by atoms with Crippen molar-refractivity contribution in [2.24, 2.45) is 0 Å². The van der Waals surface area contributed by atoms with Gasteiger partial charge in [-0.2, -0.15) is 0 Å². The van der Waals surface area contributed by atoms with Gasteiger partial charge < -0.3 is 10.6 Å². The number of thiazole rings is 1. The van der Waals surface area contributed by atoms with Crippen molar-refractivity contribution < 1.29 is 4.79 Å². The van der Waals surface area contributed by atoms with Gasteiger partial charge in [0.2, 0.25) is 0 Å². The molecule has 1 aromatic carbocycles. The van der Waals surface area contributed by atoms with E-state index in [0.29, 0.717) is 17.9 Å². The van der Waals surface area contributed by atoms with Gasteiger partial charge in [-0.05, 0) is 18.6 Å². The summed E-state index contributed by atoms with van der Waals surface area (Å²) in [5.74, 6) is -0.0809. The van der Waals surface area contributed by atoms with Gasteiger partial charge in [0.1, 0.15) is 5.69 Å². The summed E-state index contributed by atoms with van der Waals surface area (Å²) in [4.78, 5) is 17.9. The molecular formula is C13H15N3OS. The zero-order chi connectivity index (χ0) is 13.1. The molecular weight excluding hydrogens is 246 g/mol. The van der Waals surface area contributed by atoms with E-state index in [1.807, 2.05) is 31.2 Å². The smallest absolute Gasteiger partial charge is 0.273 e. The van der Waals surface area contributed by atoms with Crippen LogP contribution in [0.25, 0.3) is 0 Å². The first-order valence-corrected chi connectivity index (χ1v) is 6.47. The fourth-order valence-electron chi connectivity index (χ4n) is 1.66. The highest BCUT2D eigenvalue weighted by Crippen LogP contribution is 2.15. The van der Waals surface area contributed by atoms with E-state index in [1.54, 1.807) is 17.3 Å². The van der Waals surface area contributed by atoms with E-state index in [-0.39, 0.29) is 5.91 Å². The molecule has 1 aromatic heterocycles. The number of hydrogen-bond donors (Lipinski definition) is 1. The predicted octanol–water partition coefficient (Wildman–Crippen LogP) is 2.31. The maximum absolute atomic E-state index is 12.1. The Balaban J connectivity index is 2.11. The van der Waals surface area contributed by atoms with Gasteiger partial charge in [0.05, 0.1) is 5.01 Å². The highest BCUT2D eigenvalue weighted by Gasteiger charge is 2.15. The predicted molar refractivity (Wildman–Crippen MR) is 73.5 cm³/mol. The second kappa shape index (κ2) is 5.18. The molecule has 0 aliphatic heterocycles. The summed E-state index contributed by atoms with van der Waals surface area (Å²) in [6.45, 7) is 2.37. The van der Waals surface area contributed by atoms with Gasteiger partial charge in [-0.3, -0.25) is 4.79 Å². The molecule has 0 bridgehead atoms. The first-order chi connectivity index (χ1) is 8.58. The number of aryl methyl sites for hydroxylation is 1. The number of rotatable bonds is 3. The number of para-hydroxylation sites is 1. The Hall–Kier alpha value is -1.88. The molecule has 1 amide bonds. The van der Waals surface area contributed by atoms with Gasteiger partial charge in [-0.25, -0.2) is 4.98 Å². The van der Waals surface area contributed by atoms with Crippen molar-refractivity contribution in [1.29, 1.82) is 0 Å². The van der Waals surface area contributed by atoms with Crippen LogP contribution in [0.4, 0.5) is 5.69 Å². The Kier molecular flexibility index (Phi) is 3.62. The third-order valence-electron chi connectivity index (χ3n) is 2.65. The molecule has 0 spiro atoms. The summed E-state index contributed by atoms with van der Waals surface area (Å²) in [6, 6.07) is 7.55. The average Bonchev–Trinajstić information content (AvgIpc) is 2.78. The van der Waals surface area contributed by atoms with E-state index in [4.69, 9.17) is 5.73 Å². The topological polar surface area (TPSA) is 59.2 Å². The third-order valence-corrected chi connectivity index (χ3v) is 3.42. The summed E-state index contributed by atoms with van der Waals surface area (Å²) >= 11 is 1.48. The Morgan fingerprint density at radius 3 is 2.78 bits per heavy atom. The normalized spacial score (nSPS) is 10.3. The molecule has 2 rings (SSSR count). The maximum Gasteiger partial charge on any atom is 0.273 e. The van der Waals surface area contributed by atoms with Gasteiger partial charge in [-0.1, -0.05) is 18.2 Å². The van der Waals surface area contributed by atoms with Crippen LogP contribution in [0.15, 0.2) is 29.6 Å². The van der Waals surface area contributed by atoms with Gasteiger partial charge >= 0.3 is 0 Å². The quantitative estimate of drug-likeness (QED) is 0.862. The van der Waals surface area contributed by atoms with Crippen molar-refractivity contribution in [2.75, 3.05) is 12.8 Å². The molecule has 2 N–H and O–H groups in total. The zero-order valence-corrected chi connectivity index (χ0v) is 11.2. The summed E-state index contributed by atoms with van der Waals surface area (Å²) in [6.07, 6.45) is 0. The second-order valence-corrected chi connectivity index (χ2v) is 5.17. The van der Waals surface area contributed by atoms with Crippen LogP contribution in [0.2, 0.25) is 0 Å². The van der Waals surface area contributed by atoms with Crippen molar-refractivity contribution >= 4 is 22.9 Å². The minimum atomic E-state index is -0.0809. The van der Waals surface area contributed by atoms with Crippen LogP contribution in [-0.4, -0.2) is 22.8 Å². The van der Waals surface area contributed by atoms with Crippen molar-refractivity contribution in [3.05, 3.63) is 45.9 Å². The fraction of sp³-hybridized carbons (Fsp3) is 0.231. The number of hydrogen-bond acceptors (Lipinski definition) is 4. The molecule has 0 saturated carbocycles. The molecule has 0 aliphatic rings. The Labute approximate surface area is 110 Å². The molecule has 18 heavy (non-hydrogen) atoms. The first-order valence-electron chi connectivity index (χ1n) is 5.59. The van der Waals surface area contributed by atoms with Crippen LogP contribution in [-0.2, 0) is 6.54 Å². The van der Waals surface area contributed by atoms with Crippen molar-refractivity contribution in [1.82, 2.24) is 9.88 Å². The number of amides is 1. The molecule has 0 fully saturated rings. The monoisotopic (exact) mass is 261 g/mol. The molecule has 0 aliphatic carbocycles. The highest BCUT2D eigenvalue weighted by molar-refractivity contribution is 7.09. The summed E-state index contributed by atoms with van der Waals surface area (Å²) in [5.41, 5.74) is 8.00. The standard InChI is InChI=1S/C13H15N3OS/c1-9-15-12(8-18-9)13(17)16(2)7-10-5-3-4-6-11(10)14/h3-6,8H,7,14H2,1-2H3. The SMILES string of the molecule is Cc1nc(C(=O)N(C)Cc2ccccc2N)cs1. The highest BCUT2D eigenvalue weighted by atomic mass is 32.1. The summed E-state index contributed by atoms with van der Waals surface area (Å²) in [5, 5.41) is 2.67. The molecule has 0 atom stereocenters. The van der Waals surface area contributed by atoms with Gasteiger partial charge in [0, 0.05) is 24.7 Å². The van der Waals surface area contributed by atoms with Crippen LogP contribution in [0.1, 0.15) is 21.1 Å². The van der Waals surface area contributed by atoms with E-state index >= 15 is 0 Å². The number of carbonyl (C=O) groups excluding carboxylic acids is 1. The van der Waals surface area contributed by atoms with E-state index in [1.165, 1.54) is 11.3 Å². The van der Waals surface area contributed by atoms with Crippen molar-refractivity contribution in [3.63, 3.8) is 0 Å². The van der Waals surface area contributed by atoms with Gasteiger partial charge in [0.15, 0.2) is 0 Å². The number of anilines is 1. The lowest BCUT2D eigenvalue weighted by Crippen LogP contribution is -2.26. The molecule has 5 heteroatoms. The Morgan fingerprint density at radius 2 is 2.17 bits per heavy atom. The van der Waals surface area contributed by atoms with Crippen molar-refractivity contribution in [2.45, 2.75) is 13.5 Å². The maximum atomic E-state index is 12.1. The zero-order valence-electron chi connectivity index (χ0n) is 10.4. The minimum absolute atomic E-state index is 0.0809. The number of aromatic nitrogens is 1. The van der Waals surface area contributed by atoms with Crippen LogP contribution in [0.5, 0.6) is 0 Å². The lowest BCUT2D eigenvalue weighted by molar-refractivity contribution is 0.0780. The van der Waals surface area contributed by atoms with Crippen molar-refractivity contribution in [3.8, 4) is 0 Å². The summed E-state index contributed by atoms with van der Waals surface area (Å²) < 4.78 is 0. The molecule has 2 aromatic rings. The largest absolute Gasteiger partial charge is 0.398 e. The Bertz CT molecular complexity index is 565. The van der Waals surface area contributed by atoms with Crippen LogP contribution in [0.3, 0.4) is 0 Å². The van der Waals surface area contributed by atoms with Gasteiger partial charge in [-0.15, -0.1) is 11.3 Å². The molecule has 94 valence electrons. The minimum Gasteiger partial charge on any atom is -0.398 e. The molecule has 1 heterocycles. The van der Waals surface area contributed by atoms with Crippen LogP contribution < -0.4 is 5.73 Å². The second-order valence-electron chi connectivity index (χ2n) is 4.11. The molecule has 0 saturated heterocycles. The number of benzene rings is 1. The van der Waals surface area contributed by atoms with Crippen LogP contribution >= 0.6 is 11.3 Å². The van der Waals surface area contributed by atoms with Gasteiger partial charge in [0.25, 0.3) is 5.91 Å². The number of nitrogen functional groups attached to an aromatic ring is 1. The molecule has 0 unspecified atom stereocenters.